The fourth-order valence-corrected chi connectivity index (χ4v) is 6.28. The summed E-state index contributed by atoms with van der Waals surface area (Å²) in [4.78, 5) is 0. The molecule has 2 nitrogen and oxygen atoms in total. The number of hydrogen-bond acceptors (Lipinski definition) is 2. The van der Waals surface area contributed by atoms with Crippen LogP contribution in [0.15, 0.2) is 146 Å². The quantitative estimate of drug-likeness (QED) is 0.238. The van der Waals surface area contributed by atoms with Gasteiger partial charge in [0, 0.05) is 11.4 Å². The monoisotopic (exact) mass is 500 g/mol. The van der Waals surface area contributed by atoms with Gasteiger partial charge < -0.3 is 11.5 Å². The Balaban J connectivity index is 1.61. The molecule has 0 radical (unpaired) electrons. The van der Waals surface area contributed by atoms with Crippen molar-refractivity contribution in [3.8, 4) is 33.4 Å². The van der Waals surface area contributed by atoms with Gasteiger partial charge in [-0.1, -0.05) is 109 Å². The van der Waals surface area contributed by atoms with E-state index in [0.717, 1.165) is 22.5 Å². The predicted octanol–water partition coefficient (Wildman–Crippen LogP) is 8.55. The molecule has 39 heavy (non-hydrogen) atoms. The van der Waals surface area contributed by atoms with Crippen LogP contribution < -0.4 is 11.5 Å². The Morgan fingerprint density at radius 3 is 1.21 bits per heavy atom. The Kier molecular flexibility index (Phi) is 5.35. The van der Waals surface area contributed by atoms with Gasteiger partial charge in [0.15, 0.2) is 0 Å². The largest absolute Gasteiger partial charge is 0.399 e. The second kappa shape index (κ2) is 9.04. The third-order valence-corrected chi connectivity index (χ3v) is 7.99. The van der Waals surface area contributed by atoms with E-state index in [1.807, 2.05) is 12.1 Å². The lowest BCUT2D eigenvalue weighted by Crippen LogP contribution is -2.29. The molecule has 1 aliphatic carbocycles. The maximum atomic E-state index is 6.45. The van der Waals surface area contributed by atoms with E-state index >= 15 is 0 Å². The predicted molar refractivity (Wildman–Crippen MR) is 163 cm³/mol. The molecule has 0 saturated carbocycles. The van der Waals surface area contributed by atoms with E-state index < -0.39 is 5.41 Å². The minimum absolute atomic E-state index is 0.592. The molecule has 2 heteroatoms. The van der Waals surface area contributed by atoms with Gasteiger partial charge in [0.25, 0.3) is 0 Å². The Labute approximate surface area is 229 Å². The molecule has 0 fully saturated rings. The summed E-state index contributed by atoms with van der Waals surface area (Å²) in [6.45, 7) is 0. The first kappa shape index (κ1) is 23.1. The van der Waals surface area contributed by atoms with Crippen LogP contribution in [0.5, 0.6) is 0 Å². The van der Waals surface area contributed by atoms with Crippen molar-refractivity contribution in [1.29, 1.82) is 0 Å². The Morgan fingerprint density at radius 2 is 0.795 bits per heavy atom. The summed E-state index contributed by atoms with van der Waals surface area (Å²) < 4.78 is 0. The van der Waals surface area contributed by atoms with Gasteiger partial charge in [-0.2, -0.15) is 0 Å². The zero-order valence-corrected chi connectivity index (χ0v) is 21.5. The summed E-state index contributed by atoms with van der Waals surface area (Å²) >= 11 is 0. The van der Waals surface area contributed by atoms with Crippen molar-refractivity contribution in [3.05, 3.63) is 168 Å². The van der Waals surface area contributed by atoms with E-state index in [2.05, 4.69) is 133 Å². The average Bonchev–Trinajstić information content (AvgIpc) is 3.28. The summed E-state index contributed by atoms with van der Waals surface area (Å²) in [6.07, 6.45) is 0. The van der Waals surface area contributed by atoms with Gasteiger partial charge in [0.05, 0.1) is 5.41 Å². The molecule has 0 saturated heterocycles. The van der Waals surface area contributed by atoms with Crippen molar-refractivity contribution in [2.75, 3.05) is 11.5 Å². The highest BCUT2D eigenvalue weighted by Gasteiger charge is 2.46. The first-order valence-electron chi connectivity index (χ1n) is 13.3. The molecule has 0 spiro atoms. The van der Waals surface area contributed by atoms with Crippen molar-refractivity contribution < 1.29 is 0 Å². The summed E-state index contributed by atoms with van der Waals surface area (Å²) in [5, 5.41) is 0. The first-order chi connectivity index (χ1) is 19.1. The van der Waals surface area contributed by atoms with Crippen molar-refractivity contribution in [3.63, 3.8) is 0 Å². The van der Waals surface area contributed by atoms with Crippen molar-refractivity contribution in [1.82, 2.24) is 0 Å². The van der Waals surface area contributed by atoms with E-state index in [9.17, 15) is 0 Å². The molecule has 4 N–H and O–H groups in total. The fourth-order valence-electron chi connectivity index (χ4n) is 6.28. The van der Waals surface area contributed by atoms with Crippen LogP contribution in [0, 0.1) is 0 Å². The van der Waals surface area contributed by atoms with E-state index in [1.165, 1.54) is 44.5 Å². The average molecular weight is 501 g/mol. The lowest BCUT2D eigenvalue weighted by molar-refractivity contribution is 0.770. The summed E-state index contributed by atoms with van der Waals surface area (Å²) in [5.74, 6) is 0. The second-order valence-corrected chi connectivity index (χ2v) is 10.3. The van der Waals surface area contributed by atoms with Crippen LogP contribution in [-0.4, -0.2) is 0 Å². The molecular formula is C37H28N2. The molecule has 0 aromatic heterocycles. The molecule has 186 valence electrons. The van der Waals surface area contributed by atoms with Crippen LogP contribution in [0.3, 0.4) is 0 Å². The lowest BCUT2D eigenvalue weighted by Gasteiger charge is -2.34. The SMILES string of the molecule is Nc1cccc(C2(c3cccc(N)c3)c3cc(-c4ccccc4)ccc3-c3ccc(-c4ccccc4)cc32)c1. The number of nitrogens with two attached hydrogens (primary N) is 2. The summed E-state index contributed by atoms with van der Waals surface area (Å²) in [7, 11) is 0. The molecule has 0 unspecified atom stereocenters. The molecule has 0 heterocycles. The fraction of sp³-hybridized carbons (Fsp3) is 0.0270. The Hall–Kier alpha value is -5.08. The lowest BCUT2D eigenvalue weighted by atomic mass is 9.67. The molecule has 0 amide bonds. The van der Waals surface area contributed by atoms with Crippen LogP contribution in [0.1, 0.15) is 22.3 Å². The van der Waals surface area contributed by atoms with Crippen LogP contribution >= 0.6 is 0 Å². The van der Waals surface area contributed by atoms with Gasteiger partial charge in [0.2, 0.25) is 0 Å². The van der Waals surface area contributed by atoms with E-state index in [4.69, 9.17) is 11.5 Å². The Bertz CT molecular complexity index is 1680. The maximum Gasteiger partial charge on any atom is 0.0715 e. The standard InChI is InChI=1S/C37H28N2/c38-31-15-7-13-29(23-31)37(30-14-8-16-32(39)24-30)35-21-27(25-9-3-1-4-10-25)17-19-33(35)34-20-18-28(22-36(34)37)26-11-5-2-6-12-26/h1-24H,38-39H2. The van der Waals surface area contributed by atoms with Gasteiger partial charge in [-0.15, -0.1) is 0 Å². The number of benzene rings is 6. The molecule has 7 rings (SSSR count). The highest BCUT2D eigenvalue weighted by atomic mass is 14.6. The zero-order valence-electron chi connectivity index (χ0n) is 21.5. The van der Waals surface area contributed by atoms with E-state index in [1.54, 1.807) is 0 Å². The van der Waals surface area contributed by atoms with Crippen LogP contribution in [0.4, 0.5) is 11.4 Å². The molecule has 6 aromatic rings. The van der Waals surface area contributed by atoms with Crippen LogP contribution in [-0.2, 0) is 5.41 Å². The van der Waals surface area contributed by atoms with Crippen molar-refractivity contribution in [2.24, 2.45) is 0 Å². The Morgan fingerprint density at radius 1 is 0.359 bits per heavy atom. The van der Waals surface area contributed by atoms with Crippen LogP contribution in [0.2, 0.25) is 0 Å². The molecule has 1 aliphatic rings. The number of fused-ring (bicyclic) bond motifs is 3. The topological polar surface area (TPSA) is 52.0 Å². The van der Waals surface area contributed by atoms with Gasteiger partial charge in [0.1, 0.15) is 0 Å². The highest BCUT2D eigenvalue weighted by molar-refractivity contribution is 5.90. The number of nitrogen functional groups attached to an aromatic ring is 2. The van der Waals surface area contributed by atoms with Crippen molar-refractivity contribution in [2.45, 2.75) is 5.41 Å². The smallest absolute Gasteiger partial charge is 0.0715 e. The maximum absolute atomic E-state index is 6.45. The molecule has 0 aliphatic heterocycles. The van der Waals surface area contributed by atoms with Gasteiger partial charge in [-0.05, 0) is 92.0 Å². The van der Waals surface area contributed by atoms with Gasteiger partial charge >= 0.3 is 0 Å². The second-order valence-electron chi connectivity index (χ2n) is 10.3. The van der Waals surface area contributed by atoms with E-state index in [0.29, 0.717) is 0 Å². The zero-order chi connectivity index (χ0) is 26.4. The minimum Gasteiger partial charge on any atom is -0.399 e. The molecule has 0 atom stereocenters. The van der Waals surface area contributed by atoms with E-state index in [-0.39, 0.29) is 0 Å². The van der Waals surface area contributed by atoms with Crippen LogP contribution in [0.25, 0.3) is 33.4 Å². The third kappa shape index (κ3) is 3.65. The molecule has 6 aromatic carbocycles. The van der Waals surface area contributed by atoms with Crippen molar-refractivity contribution >= 4 is 11.4 Å². The highest BCUT2D eigenvalue weighted by Crippen LogP contribution is 2.57. The summed E-state index contributed by atoms with van der Waals surface area (Å²) in [5.41, 5.74) is 25.7. The van der Waals surface area contributed by atoms with Gasteiger partial charge in [-0.3, -0.25) is 0 Å². The molecule has 0 bridgehead atoms. The summed E-state index contributed by atoms with van der Waals surface area (Å²) in [6, 6.07) is 51.5. The number of rotatable bonds is 4. The van der Waals surface area contributed by atoms with Gasteiger partial charge in [-0.25, -0.2) is 0 Å². The normalized spacial score (nSPS) is 13.0. The molecular weight excluding hydrogens is 472 g/mol. The number of anilines is 2. The minimum atomic E-state index is -0.592. The third-order valence-electron chi connectivity index (χ3n) is 7.99. The number of hydrogen-bond donors (Lipinski definition) is 2. The first-order valence-corrected chi connectivity index (χ1v) is 13.3.